The molecule has 0 unspecified atom stereocenters. The zero-order valence-electron chi connectivity index (χ0n) is 12.4. The SMILES string of the molecule is CCCSCCCNC(=O)Cn1cc2c(n1)CCCC2. The Hall–Kier alpha value is -0.970. The van der Waals surface area contributed by atoms with Crippen LogP contribution in [0, 0.1) is 0 Å². The Kier molecular flexibility index (Phi) is 6.43. The predicted molar refractivity (Wildman–Crippen MR) is 84.1 cm³/mol. The third-order valence-corrected chi connectivity index (χ3v) is 4.75. The maximum atomic E-state index is 11.8. The molecule has 5 heteroatoms. The van der Waals surface area contributed by atoms with E-state index in [4.69, 9.17) is 0 Å². The van der Waals surface area contributed by atoms with Gasteiger partial charge in [-0.25, -0.2) is 0 Å². The van der Waals surface area contributed by atoms with Crippen LogP contribution in [0.15, 0.2) is 6.20 Å². The van der Waals surface area contributed by atoms with E-state index in [1.54, 1.807) is 4.68 Å². The van der Waals surface area contributed by atoms with Gasteiger partial charge in [-0.2, -0.15) is 16.9 Å². The Morgan fingerprint density at radius 1 is 1.40 bits per heavy atom. The molecule has 0 radical (unpaired) electrons. The standard InChI is InChI=1S/C15H25N3OS/c1-2-9-20-10-5-8-16-15(19)12-18-11-13-6-3-4-7-14(13)17-18/h11H,2-10,12H2,1H3,(H,16,19). The first-order valence-electron chi connectivity index (χ1n) is 7.69. The first-order chi connectivity index (χ1) is 9.79. The molecular formula is C15H25N3OS. The van der Waals surface area contributed by atoms with Crippen molar-refractivity contribution >= 4 is 17.7 Å². The van der Waals surface area contributed by atoms with Crippen LogP contribution in [0.5, 0.6) is 0 Å². The van der Waals surface area contributed by atoms with Crippen LogP contribution >= 0.6 is 11.8 Å². The fourth-order valence-corrected chi connectivity index (χ4v) is 3.30. The molecule has 0 saturated carbocycles. The maximum Gasteiger partial charge on any atom is 0.241 e. The van der Waals surface area contributed by atoms with Crippen molar-refractivity contribution in [3.63, 3.8) is 0 Å². The molecular weight excluding hydrogens is 270 g/mol. The molecule has 20 heavy (non-hydrogen) atoms. The lowest BCUT2D eigenvalue weighted by atomic mass is 9.99. The summed E-state index contributed by atoms with van der Waals surface area (Å²) in [6.45, 7) is 3.32. The van der Waals surface area contributed by atoms with Crippen LogP contribution in [0.25, 0.3) is 0 Å². The lowest BCUT2D eigenvalue weighted by molar-refractivity contribution is -0.121. The third kappa shape index (κ3) is 4.85. The van der Waals surface area contributed by atoms with E-state index >= 15 is 0 Å². The minimum absolute atomic E-state index is 0.0744. The number of fused-ring (bicyclic) bond motifs is 1. The number of nitrogens with zero attached hydrogens (tertiary/aromatic N) is 2. The number of hydrogen-bond acceptors (Lipinski definition) is 3. The number of nitrogens with one attached hydrogen (secondary N) is 1. The molecule has 112 valence electrons. The quantitative estimate of drug-likeness (QED) is 0.749. The van der Waals surface area contributed by atoms with Gasteiger partial charge in [-0.15, -0.1) is 0 Å². The van der Waals surface area contributed by atoms with E-state index in [9.17, 15) is 4.79 Å². The summed E-state index contributed by atoms with van der Waals surface area (Å²) in [6, 6.07) is 0. The van der Waals surface area contributed by atoms with Gasteiger partial charge in [0.15, 0.2) is 0 Å². The number of carbonyl (C=O) groups excluding carboxylic acids is 1. The Labute approximate surface area is 125 Å². The molecule has 1 aromatic heterocycles. The van der Waals surface area contributed by atoms with Crippen molar-refractivity contribution < 1.29 is 4.79 Å². The fraction of sp³-hybridized carbons (Fsp3) is 0.733. The molecule has 0 fully saturated rings. The average molecular weight is 295 g/mol. The molecule has 0 saturated heterocycles. The second kappa shape index (κ2) is 8.35. The van der Waals surface area contributed by atoms with E-state index in [1.165, 1.54) is 36.3 Å². The number of hydrogen-bond donors (Lipinski definition) is 1. The first-order valence-corrected chi connectivity index (χ1v) is 8.84. The van der Waals surface area contributed by atoms with Crippen molar-refractivity contribution in [2.75, 3.05) is 18.1 Å². The van der Waals surface area contributed by atoms with Gasteiger partial charge in [0.2, 0.25) is 5.91 Å². The smallest absolute Gasteiger partial charge is 0.241 e. The fourth-order valence-electron chi connectivity index (χ4n) is 2.46. The average Bonchev–Trinajstić information content (AvgIpc) is 2.84. The van der Waals surface area contributed by atoms with Crippen molar-refractivity contribution in [3.05, 3.63) is 17.5 Å². The highest BCUT2D eigenvalue weighted by atomic mass is 32.2. The Bertz CT molecular complexity index is 407. The Morgan fingerprint density at radius 3 is 3.05 bits per heavy atom. The predicted octanol–water partition coefficient (Wildman–Crippen LogP) is 2.41. The van der Waals surface area contributed by atoms with Crippen LogP contribution in [-0.2, 0) is 24.2 Å². The maximum absolute atomic E-state index is 11.8. The zero-order valence-corrected chi connectivity index (χ0v) is 13.2. The normalized spacial score (nSPS) is 14.1. The van der Waals surface area contributed by atoms with E-state index in [0.717, 1.165) is 31.6 Å². The van der Waals surface area contributed by atoms with Gasteiger partial charge in [-0.3, -0.25) is 9.48 Å². The summed E-state index contributed by atoms with van der Waals surface area (Å²) in [5.74, 6) is 2.42. The highest BCUT2D eigenvalue weighted by Gasteiger charge is 2.14. The van der Waals surface area contributed by atoms with Gasteiger partial charge < -0.3 is 5.32 Å². The van der Waals surface area contributed by atoms with E-state index in [2.05, 4.69) is 17.3 Å². The summed E-state index contributed by atoms with van der Waals surface area (Å²) < 4.78 is 1.80. The lowest BCUT2D eigenvalue weighted by Crippen LogP contribution is -2.28. The Morgan fingerprint density at radius 2 is 2.25 bits per heavy atom. The highest BCUT2D eigenvalue weighted by Crippen LogP contribution is 2.19. The summed E-state index contributed by atoms with van der Waals surface area (Å²) in [5, 5.41) is 7.49. The van der Waals surface area contributed by atoms with Crippen LogP contribution in [0.3, 0.4) is 0 Å². The van der Waals surface area contributed by atoms with Gasteiger partial charge in [0.25, 0.3) is 0 Å². The molecule has 2 rings (SSSR count). The van der Waals surface area contributed by atoms with Crippen LogP contribution < -0.4 is 5.32 Å². The molecule has 0 spiro atoms. The molecule has 0 atom stereocenters. The van der Waals surface area contributed by atoms with Gasteiger partial charge in [-0.05, 0) is 55.6 Å². The number of amides is 1. The molecule has 1 aliphatic carbocycles. The largest absolute Gasteiger partial charge is 0.354 e. The van der Waals surface area contributed by atoms with Crippen LogP contribution in [-0.4, -0.2) is 33.7 Å². The molecule has 0 aliphatic heterocycles. The van der Waals surface area contributed by atoms with Gasteiger partial charge in [0, 0.05) is 12.7 Å². The zero-order chi connectivity index (χ0) is 14.2. The summed E-state index contributed by atoms with van der Waals surface area (Å²) in [4.78, 5) is 11.8. The second-order valence-electron chi connectivity index (χ2n) is 5.32. The molecule has 1 amide bonds. The first kappa shape index (κ1) is 15.4. The minimum atomic E-state index is 0.0744. The van der Waals surface area contributed by atoms with Crippen LogP contribution in [0.1, 0.15) is 43.9 Å². The summed E-state index contributed by atoms with van der Waals surface area (Å²) in [7, 11) is 0. The van der Waals surface area contributed by atoms with Gasteiger partial charge in [0.05, 0.1) is 5.69 Å². The molecule has 4 nitrogen and oxygen atoms in total. The van der Waals surface area contributed by atoms with E-state index in [0.29, 0.717) is 6.54 Å². The number of carbonyl (C=O) groups is 1. The molecule has 1 aromatic rings. The number of aryl methyl sites for hydroxylation is 2. The molecule has 1 N–H and O–H groups in total. The van der Waals surface area contributed by atoms with E-state index in [-0.39, 0.29) is 5.91 Å². The van der Waals surface area contributed by atoms with Crippen molar-refractivity contribution in [1.82, 2.24) is 15.1 Å². The Balaban J connectivity index is 1.65. The van der Waals surface area contributed by atoms with Crippen LogP contribution in [0.2, 0.25) is 0 Å². The third-order valence-electron chi connectivity index (χ3n) is 3.48. The topological polar surface area (TPSA) is 46.9 Å². The number of aromatic nitrogens is 2. The highest BCUT2D eigenvalue weighted by molar-refractivity contribution is 7.99. The number of rotatable bonds is 8. The molecule has 0 bridgehead atoms. The van der Waals surface area contributed by atoms with Crippen molar-refractivity contribution in [2.24, 2.45) is 0 Å². The van der Waals surface area contributed by atoms with Crippen LogP contribution in [0.4, 0.5) is 0 Å². The van der Waals surface area contributed by atoms with E-state index < -0.39 is 0 Å². The lowest BCUT2D eigenvalue weighted by Gasteiger charge is -2.06. The van der Waals surface area contributed by atoms with Gasteiger partial charge >= 0.3 is 0 Å². The minimum Gasteiger partial charge on any atom is -0.354 e. The van der Waals surface area contributed by atoms with Crippen molar-refractivity contribution in [1.29, 1.82) is 0 Å². The molecule has 0 aromatic carbocycles. The van der Waals surface area contributed by atoms with Crippen molar-refractivity contribution in [2.45, 2.75) is 52.0 Å². The summed E-state index contributed by atoms with van der Waals surface area (Å²) in [5.41, 5.74) is 2.53. The second-order valence-corrected chi connectivity index (χ2v) is 6.55. The van der Waals surface area contributed by atoms with Crippen molar-refractivity contribution in [3.8, 4) is 0 Å². The van der Waals surface area contributed by atoms with Gasteiger partial charge in [0.1, 0.15) is 6.54 Å². The molecule has 1 heterocycles. The number of thioether (sulfide) groups is 1. The monoisotopic (exact) mass is 295 g/mol. The summed E-state index contributed by atoms with van der Waals surface area (Å²) >= 11 is 1.96. The van der Waals surface area contributed by atoms with Gasteiger partial charge in [-0.1, -0.05) is 6.92 Å². The molecule has 1 aliphatic rings. The van der Waals surface area contributed by atoms with E-state index in [1.807, 2.05) is 18.0 Å². The summed E-state index contributed by atoms with van der Waals surface area (Å²) in [6.07, 6.45) is 8.98.